The van der Waals surface area contributed by atoms with Gasteiger partial charge in [-0.3, -0.25) is 0 Å². The van der Waals surface area contributed by atoms with E-state index < -0.39 is 0 Å². The molecule has 0 amide bonds. The molecule has 4 aromatic rings. The normalized spacial score (nSPS) is 13.0. The van der Waals surface area contributed by atoms with Crippen LogP contribution in [0.1, 0.15) is 11.1 Å². The second kappa shape index (κ2) is 7.14. The van der Waals surface area contributed by atoms with Gasteiger partial charge in [0.1, 0.15) is 34.4 Å². The molecular formula is C24H17N3O4. The average molecular weight is 411 g/mol. The predicted molar refractivity (Wildman–Crippen MR) is 118 cm³/mol. The standard InChI is InChI=1S/C24H17N3O4/c28-16-9-14-10-19(25-23(14)21(30)11-16)13-5-7-15(8-6-13)26-27-24-18-4-2-1-3-17(18)20(29)12-22(24)31/h1-9,11-12,28-31H,10H2. The van der Waals surface area contributed by atoms with Crippen molar-refractivity contribution < 1.29 is 20.4 Å². The molecule has 4 N–H and O–H groups in total. The first-order valence-electron chi connectivity index (χ1n) is 9.58. The summed E-state index contributed by atoms with van der Waals surface area (Å²) in [5.41, 5.74) is 3.76. The molecule has 1 aliphatic heterocycles. The Morgan fingerprint density at radius 3 is 2.23 bits per heavy atom. The van der Waals surface area contributed by atoms with E-state index in [0.29, 0.717) is 28.6 Å². The number of rotatable bonds is 3. The summed E-state index contributed by atoms with van der Waals surface area (Å²) in [4.78, 5) is 4.48. The number of hydrogen-bond acceptors (Lipinski definition) is 7. The van der Waals surface area contributed by atoms with Gasteiger partial charge in [0, 0.05) is 29.3 Å². The predicted octanol–water partition coefficient (Wildman–Crippen LogP) is 5.75. The number of hydrogen-bond donors (Lipinski definition) is 4. The lowest BCUT2D eigenvalue weighted by Crippen LogP contribution is -1.99. The van der Waals surface area contributed by atoms with E-state index in [4.69, 9.17) is 0 Å². The quantitative estimate of drug-likeness (QED) is 0.321. The molecule has 0 bridgehead atoms. The van der Waals surface area contributed by atoms with Gasteiger partial charge in [-0.25, -0.2) is 4.99 Å². The number of aliphatic imine (C=N–C) groups is 1. The van der Waals surface area contributed by atoms with Crippen LogP contribution in [0.3, 0.4) is 0 Å². The third-order valence-corrected chi connectivity index (χ3v) is 5.20. The van der Waals surface area contributed by atoms with Crippen LogP contribution in [0, 0.1) is 0 Å². The van der Waals surface area contributed by atoms with Crippen LogP contribution in [0.25, 0.3) is 10.8 Å². The smallest absolute Gasteiger partial charge is 0.147 e. The fraction of sp³-hybridized carbons (Fsp3) is 0.0417. The molecule has 0 saturated carbocycles. The molecule has 1 aliphatic rings. The maximum atomic E-state index is 10.2. The van der Waals surface area contributed by atoms with Crippen LogP contribution >= 0.6 is 0 Å². The molecule has 5 rings (SSSR count). The van der Waals surface area contributed by atoms with E-state index in [1.807, 2.05) is 12.1 Å². The maximum absolute atomic E-state index is 10.2. The van der Waals surface area contributed by atoms with Gasteiger partial charge in [-0.05, 0) is 29.3 Å². The fourth-order valence-corrected chi connectivity index (χ4v) is 3.71. The van der Waals surface area contributed by atoms with Crippen LogP contribution < -0.4 is 0 Å². The second-order valence-corrected chi connectivity index (χ2v) is 7.26. The number of phenols is 4. The molecule has 0 aliphatic carbocycles. The van der Waals surface area contributed by atoms with Gasteiger partial charge in [0.2, 0.25) is 0 Å². The summed E-state index contributed by atoms with van der Waals surface area (Å²) in [5.74, 6) is -0.211. The first kappa shape index (κ1) is 18.6. The van der Waals surface area contributed by atoms with Crippen LogP contribution in [0.15, 0.2) is 82.0 Å². The molecule has 0 radical (unpaired) electrons. The van der Waals surface area contributed by atoms with Crippen LogP contribution in [-0.2, 0) is 6.42 Å². The number of benzene rings is 4. The van der Waals surface area contributed by atoms with Crippen molar-refractivity contribution in [3.05, 3.63) is 77.9 Å². The first-order valence-corrected chi connectivity index (χ1v) is 9.58. The lowest BCUT2D eigenvalue weighted by Gasteiger charge is -2.06. The Morgan fingerprint density at radius 2 is 1.45 bits per heavy atom. The maximum Gasteiger partial charge on any atom is 0.147 e. The Morgan fingerprint density at radius 1 is 0.710 bits per heavy atom. The van der Waals surface area contributed by atoms with Crippen molar-refractivity contribution in [1.82, 2.24) is 0 Å². The van der Waals surface area contributed by atoms with E-state index in [1.54, 1.807) is 42.5 Å². The van der Waals surface area contributed by atoms with E-state index in [1.165, 1.54) is 12.1 Å². The molecule has 0 aromatic heterocycles. The molecule has 152 valence electrons. The van der Waals surface area contributed by atoms with Gasteiger partial charge in [0.05, 0.1) is 11.4 Å². The molecule has 7 nitrogen and oxygen atoms in total. The number of azo groups is 1. The van der Waals surface area contributed by atoms with Crippen molar-refractivity contribution in [3.8, 4) is 23.0 Å². The summed E-state index contributed by atoms with van der Waals surface area (Å²) in [7, 11) is 0. The van der Waals surface area contributed by atoms with Gasteiger partial charge in [0.25, 0.3) is 0 Å². The second-order valence-electron chi connectivity index (χ2n) is 7.26. The third kappa shape index (κ3) is 3.32. The molecule has 4 aromatic carbocycles. The van der Waals surface area contributed by atoms with Gasteiger partial charge >= 0.3 is 0 Å². The molecule has 0 atom stereocenters. The van der Waals surface area contributed by atoms with Crippen LogP contribution in [0.2, 0.25) is 0 Å². The van der Waals surface area contributed by atoms with Crippen LogP contribution in [0.5, 0.6) is 23.0 Å². The van der Waals surface area contributed by atoms with Crippen molar-refractivity contribution in [2.75, 3.05) is 0 Å². The number of fused-ring (bicyclic) bond motifs is 2. The molecule has 7 heteroatoms. The minimum Gasteiger partial charge on any atom is -0.508 e. The monoisotopic (exact) mass is 411 g/mol. The average Bonchev–Trinajstić information content (AvgIpc) is 3.18. The van der Waals surface area contributed by atoms with Gasteiger partial charge < -0.3 is 20.4 Å². The summed E-state index contributed by atoms with van der Waals surface area (Å²) in [5, 5.41) is 49.5. The van der Waals surface area contributed by atoms with Gasteiger partial charge in [-0.1, -0.05) is 36.4 Å². The molecule has 0 spiro atoms. The summed E-state index contributed by atoms with van der Waals surface area (Å²) in [6.07, 6.45) is 0.505. The highest BCUT2D eigenvalue weighted by Gasteiger charge is 2.20. The van der Waals surface area contributed by atoms with Gasteiger partial charge in [-0.15, -0.1) is 5.11 Å². The Kier molecular flexibility index (Phi) is 4.29. The van der Waals surface area contributed by atoms with E-state index in [0.717, 1.165) is 16.8 Å². The zero-order chi connectivity index (χ0) is 21.5. The largest absolute Gasteiger partial charge is 0.508 e. The van der Waals surface area contributed by atoms with E-state index >= 15 is 0 Å². The zero-order valence-corrected chi connectivity index (χ0v) is 16.2. The summed E-state index contributed by atoms with van der Waals surface area (Å²) >= 11 is 0. The third-order valence-electron chi connectivity index (χ3n) is 5.20. The minimum absolute atomic E-state index is 0.00784. The number of phenolic OH excluding ortho intramolecular Hbond substituents is 4. The summed E-state index contributed by atoms with van der Waals surface area (Å²) in [6, 6.07) is 18.5. The highest BCUT2D eigenvalue weighted by molar-refractivity contribution is 6.07. The topological polar surface area (TPSA) is 118 Å². The van der Waals surface area contributed by atoms with Crippen molar-refractivity contribution >= 4 is 33.5 Å². The summed E-state index contributed by atoms with van der Waals surface area (Å²) < 4.78 is 0. The Bertz CT molecular complexity index is 1390. The van der Waals surface area contributed by atoms with E-state index in [-0.39, 0.29) is 28.7 Å². The Balaban J connectivity index is 1.42. The molecular weight excluding hydrogens is 394 g/mol. The fourth-order valence-electron chi connectivity index (χ4n) is 3.71. The van der Waals surface area contributed by atoms with Crippen molar-refractivity contribution in [2.24, 2.45) is 15.2 Å². The lowest BCUT2D eigenvalue weighted by molar-refractivity contribution is 0.451. The highest BCUT2D eigenvalue weighted by Crippen LogP contribution is 2.42. The van der Waals surface area contributed by atoms with Crippen molar-refractivity contribution in [3.63, 3.8) is 0 Å². The zero-order valence-electron chi connectivity index (χ0n) is 16.2. The van der Waals surface area contributed by atoms with Gasteiger partial charge in [0.15, 0.2) is 0 Å². The first-order chi connectivity index (χ1) is 15.0. The van der Waals surface area contributed by atoms with Crippen molar-refractivity contribution in [1.29, 1.82) is 0 Å². The van der Waals surface area contributed by atoms with Crippen LogP contribution in [-0.4, -0.2) is 26.1 Å². The highest BCUT2D eigenvalue weighted by atomic mass is 16.3. The van der Waals surface area contributed by atoms with Crippen molar-refractivity contribution in [2.45, 2.75) is 6.42 Å². The molecule has 0 saturated heterocycles. The minimum atomic E-state index is -0.155. The Labute approximate surface area is 176 Å². The molecule has 0 fully saturated rings. The lowest BCUT2D eigenvalue weighted by atomic mass is 10.0. The Hall–Kier alpha value is -4.39. The van der Waals surface area contributed by atoms with Crippen LogP contribution in [0.4, 0.5) is 17.1 Å². The van der Waals surface area contributed by atoms with Gasteiger partial charge in [-0.2, -0.15) is 5.11 Å². The molecule has 31 heavy (non-hydrogen) atoms. The molecule has 1 heterocycles. The summed E-state index contributed by atoms with van der Waals surface area (Å²) in [6.45, 7) is 0. The number of nitrogens with zero attached hydrogens (tertiary/aromatic N) is 3. The SMILES string of the molecule is Oc1cc(O)c2c(c1)CC(c1ccc(N=Nc3c(O)cc(O)c4ccccc34)cc1)=N2. The number of aromatic hydroxyl groups is 4. The van der Waals surface area contributed by atoms with E-state index in [9.17, 15) is 20.4 Å². The van der Waals surface area contributed by atoms with E-state index in [2.05, 4.69) is 15.2 Å². The molecule has 0 unspecified atom stereocenters.